The minimum atomic E-state index is -0.444. The molecule has 0 aliphatic heterocycles. The van der Waals surface area contributed by atoms with Gasteiger partial charge in [0.2, 0.25) is 0 Å². The quantitative estimate of drug-likeness (QED) is 0.818. The number of nitrogens with two attached hydrogens (primary N) is 1. The highest BCUT2D eigenvalue weighted by molar-refractivity contribution is 5.85. The minimum absolute atomic E-state index is 0. The fourth-order valence-corrected chi connectivity index (χ4v) is 1.23. The van der Waals surface area contributed by atoms with E-state index in [9.17, 15) is 0 Å². The highest BCUT2D eigenvalue weighted by atomic mass is 35.5. The highest BCUT2D eigenvalue weighted by Gasteiger charge is 2.11. The SMILES string of the molecule is COc1ccc(OC)c([C@H](N)CO)c1.Cl. The van der Waals surface area contributed by atoms with Crippen LogP contribution in [0, 0.1) is 0 Å². The molecule has 0 aliphatic rings. The van der Waals surface area contributed by atoms with E-state index >= 15 is 0 Å². The molecule has 0 bridgehead atoms. The molecule has 1 atom stereocenters. The molecule has 86 valence electrons. The summed E-state index contributed by atoms with van der Waals surface area (Å²) in [6.07, 6.45) is 0. The average Bonchev–Trinajstić information content (AvgIpc) is 2.27. The maximum absolute atomic E-state index is 8.95. The van der Waals surface area contributed by atoms with Gasteiger partial charge in [-0.05, 0) is 18.2 Å². The molecule has 0 radical (unpaired) electrons. The fourth-order valence-electron chi connectivity index (χ4n) is 1.23. The third-order valence-corrected chi connectivity index (χ3v) is 2.03. The molecule has 1 aromatic carbocycles. The summed E-state index contributed by atoms with van der Waals surface area (Å²) in [4.78, 5) is 0. The Labute approximate surface area is 95.4 Å². The molecule has 0 heterocycles. The summed E-state index contributed by atoms with van der Waals surface area (Å²) in [5.41, 5.74) is 6.45. The molecule has 0 saturated carbocycles. The van der Waals surface area contributed by atoms with Gasteiger partial charge in [0, 0.05) is 5.56 Å². The van der Waals surface area contributed by atoms with Gasteiger partial charge in [-0.25, -0.2) is 0 Å². The molecule has 0 unspecified atom stereocenters. The topological polar surface area (TPSA) is 64.7 Å². The van der Waals surface area contributed by atoms with Crippen LogP contribution in [0.4, 0.5) is 0 Å². The summed E-state index contributed by atoms with van der Waals surface area (Å²) in [6.45, 7) is -0.122. The van der Waals surface area contributed by atoms with E-state index in [0.717, 1.165) is 5.56 Å². The summed E-state index contributed by atoms with van der Waals surface area (Å²) in [5, 5.41) is 8.95. The van der Waals surface area contributed by atoms with Gasteiger partial charge in [0.15, 0.2) is 0 Å². The summed E-state index contributed by atoms with van der Waals surface area (Å²) in [5.74, 6) is 1.36. The van der Waals surface area contributed by atoms with Gasteiger partial charge in [0.25, 0.3) is 0 Å². The highest BCUT2D eigenvalue weighted by Crippen LogP contribution is 2.27. The van der Waals surface area contributed by atoms with E-state index < -0.39 is 6.04 Å². The zero-order valence-electron chi connectivity index (χ0n) is 8.77. The second-order valence-corrected chi connectivity index (χ2v) is 2.90. The Morgan fingerprint density at radius 1 is 1.33 bits per heavy atom. The predicted octanol–water partition coefficient (Wildman–Crippen LogP) is 1.12. The summed E-state index contributed by atoms with van der Waals surface area (Å²) < 4.78 is 10.2. The van der Waals surface area contributed by atoms with Crippen molar-refractivity contribution in [2.24, 2.45) is 5.73 Å². The zero-order valence-corrected chi connectivity index (χ0v) is 9.58. The Bertz CT molecular complexity index is 307. The van der Waals surface area contributed by atoms with Gasteiger partial charge < -0.3 is 20.3 Å². The Morgan fingerprint density at radius 2 is 2.00 bits per heavy atom. The van der Waals surface area contributed by atoms with Gasteiger partial charge in [-0.15, -0.1) is 12.4 Å². The number of benzene rings is 1. The lowest BCUT2D eigenvalue weighted by atomic mass is 10.1. The molecule has 0 amide bonds. The van der Waals surface area contributed by atoms with Crippen molar-refractivity contribution in [1.29, 1.82) is 0 Å². The van der Waals surface area contributed by atoms with E-state index in [1.165, 1.54) is 0 Å². The van der Waals surface area contributed by atoms with Crippen molar-refractivity contribution in [1.82, 2.24) is 0 Å². The molecule has 4 nitrogen and oxygen atoms in total. The molecule has 1 aromatic rings. The molecular formula is C10H16ClNO3. The predicted molar refractivity (Wildman–Crippen MR) is 60.8 cm³/mol. The number of aliphatic hydroxyl groups excluding tert-OH is 1. The van der Waals surface area contributed by atoms with Crippen LogP contribution in [0.3, 0.4) is 0 Å². The molecule has 0 aliphatic carbocycles. The van der Waals surface area contributed by atoms with E-state index in [1.54, 1.807) is 32.4 Å². The number of methoxy groups -OCH3 is 2. The van der Waals surface area contributed by atoms with Crippen molar-refractivity contribution < 1.29 is 14.6 Å². The lowest BCUT2D eigenvalue weighted by Crippen LogP contribution is -2.15. The van der Waals surface area contributed by atoms with Gasteiger partial charge in [-0.3, -0.25) is 0 Å². The Hall–Kier alpha value is -0.970. The Kier molecular flexibility index (Phi) is 6.08. The van der Waals surface area contributed by atoms with Crippen molar-refractivity contribution in [2.75, 3.05) is 20.8 Å². The van der Waals surface area contributed by atoms with Crippen molar-refractivity contribution >= 4 is 12.4 Å². The summed E-state index contributed by atoms with van der Waals surface area (Å²) in [6, 6.07) is 4.87. The van der Waals surface area contributed by atoms with Gasteiger partial charge in [0.05, 0.1) is 26.9 Å². The van der Waals surface area contributed by atoms with E-state index in [0.29, 0.717) is 11.5 Å². The van der Waals surface area contributed by atoms with Crippen LogP contribution in [0.1, 0.15) is 11.6 Å². The molecule has 15 heavy (non-hydrogen) atoms. The molecule has 5 heteroatoms. The van der Waals surface area contributed by atoms with Gasteiger partial charge in [0.1, 0.15) is 11.5 Å². The number of aliphatic hydroxyl groups is 1. The van der Waals surface area contributed by atoms with Crippen LogP contribution in [0.15, 0.2) is 18.2 Å². The van der Waals surface area contributed by atoms with Gasteiger partial charge in [-0.2, -0.15) is 0 Å². The maximum atomic E-state index is 8.95. The van der Waals surface area contributed by atoms with E-state index in [2.05, 4.69) is 0 Å². The molecular weight excluding hydrogens is 218 g/mol. The minimum Gasteiger partial charge on any atom is -0.497 e. The first kappa shape index (κ1) is 14.0. The second-order valence-electron chi connectivity index (χ2n) is 2.90. The first-order valence-corrected chi connectivity index (χ1v) is 4.31. The van der Waals surface area contributed by atoms with Crippen molar-refractivity contribution in [3.63, 3.8) is 0 Å². The molecule has 0 fully saturated rings. The number of ether oxygens (including phenoxy) is 2. The van der Waals surface area contributed by atoms with E-state index in [1.807, 2.05) is 0 Å². The maximum Gasteiger partial charge on any atom is 0.123 e. The van der Waals surface area contributed by atoms with Gasteiger partial charge in [-0.1, -0.05) is 0 Å². The van der Waals surface area contributed by atoms with Crippen molar-refractivity contribution in [2.45, 2.75) is 6.04 Å². The monoisotopic (exact) mass is 233 g/mol. The van der Waals surface area contributed by atoms with Crippen LogP contribution in [0.2, 0.25) is 0 Å². The second kappa shape index (κ2) is 6.50. The van der Waals surface area contributed by atoms with Crippen LogP contribution in [-0.2, 0) is 0 Å². The molecule has 0 spiro atoms. The van der Waals surface area contributed by atoms with E-state index in [4.69, 9.17) is 20.3 Å². The standard InChI is InChI=1S/C10H15NO3.ClH/c1-13-7-3-4-10(14-2)8(5-7)9(11)6-12;/h3-5,9,12H,6,11H2,1-2H3;1H/t9-;/m1./s1. The van der Waals surface area contributed by atoms with Crippen LogP contribution >= 0.6 is 12.4 Å². The van der Waals surface area contributed by atoms with Crippen LogP contribution < -0.4 is 15.2 Å². The van der Waals surface area contributed by atoms with Crippen LogP contribution in [0.5, 0.6) is 11.5 Å². The molecule has 0 aromatic heterocycles. The van der Waals surface area contributed by atoms with E-state index in [-0.39, 0.29) is 19.0 Å². The van der Waals surface area contributed by atoms with Crippen LogP contribution in [-0.4, -0.2) is 25.9 Å². The molecule has 0 saturated heterocycles. The normalized spacial score (nSPS) is 11.5. The largest absolute Gasteiger partial charge is 0.497 e. The molecule has 1 rings (SSSR count). The summed E-state index contributed by atoms with van der Waals surface area (Å²) in [7, 11) is 3.14. The van der Waals surface area contributed by atoms with Gasteiger partial charge >= 0.3 is 0 Å². The zero-order chi connectivity index (χ0) is 10.6. The number of hydrogen-bond donors (Lipinski definition) is 2. The Balaban J connectivity index is 0.00000196. The first-order valence-electron chi connectivity index (χ1n) is 4.31. The number of rotatable bonds is 4. The lowest BCUT2D eigenvalue weighted by molar-refractivity contribution is 0.264. The number of hydrogen-bond acceptors (Lipinski definition) is 4. The lowest BCUT2D eigenvalue weighted by Gasteiger charge is -2.14. The Morgan fingerprint density at radius 3 is 2.47 bits per heavy atom. The fraction of sp³-hybridized carbons (Fsp3) is 0.400. The average molecular weight is 234 g/mol. The van der Waals surface area contributed by atoms with Crippen molar-refractivity contribution in [3.8, 4) is 11.5 Å². The third kappa shape index (κ3) is 3.27. The van der Waals surface area contributed by atoms with Crippen LogP contribution in [0.25, 0.3) is 0 Å². The summed E-state index contributed by atoms with van der Waals surface area (Å²) >= 11 is 0. The number of halogens is 1. The molecule has 3 N–H and O–H groups in total. The van der Waals surface area contributed by atoms with Crippen molar-refractivity contribution in [3.05, 3.63) is 23.8 Å². The first-order chi connectivity index (χ1) is 6.72. The smallest absolute Gasteiger partial charge is 0.123 e. The third-order valence-electron chi connectivity index (χ3n) is 2.03.